The molecular weight excluding hydrogens is 320 g/mol. The minimum Gasteiger partial charge on any atom is -0.377 e. The first-order valence-corrected chi connectivity index (χ1v) is 7.16. The number of hydrogen-bond donors (Lipinski definition) is 0. The highest BCUT2D eigenvalue weighted by molar-refractivity contribution is 9.10. The van der Waals surface area contributed by atoms with Crippen LogP contribution in [-0.2, 0) is 11.3 Å². The van der Waals surface area contributed by atoms with E-state index in [1.807, 2.05) is 36.6 Å². The van der Waals surface area contributed by atoms with Crippen LogP contribution in [0.25, 0.3) is 10.9 Å². The van der Waals surface area contributed by atoms with Crippen molar-refractivity contribution >= 4 is 26.8 Å². The zero-order chi connectivity index (χ0) is 14.7. The van der Waals surface area contributed by atoms with Crippen molar-refractivity contribution in [1.82, 2.24) is 4.57 Å². The van der Waals surface area contributed by atoms with E-state index in [0.29, 0.717) is 18.5 Å². The molecule has 1 aromatic carbocycles. The molecule has 0 bridgehead atoms. The molecule has 20 heavy (non-hydrogen) atoms. The number of nitrogens with zero attached hydrogens (tertiary/aromatic N) is 2. The zero-order valence-corrected chi connectivity index (χ0v) is 13.0. The Morgan fingerprint density at radius 1 is 1.45 bits per heavy atom. The highest BCUT2D eigenvalue weighted by Gasteiger charge is 2.09. The molecule has 2 rings (SSSR count). The van der Waals surface area contributed by atoms with Crippen molar-refractivity contribution in [3.63, 3.8) is 0 Å². The molecule has 1 heterocycles. The Hall–Kier alpha value is -1.64. The van der Waals surface area contributed by atoms with Gasteiger partial charge in [0.05, 0.1) is 18.2 Å². The Bertz CT molecular complexity index is 729. The van der Waals surface area contributed by atoms with Gasteiger partial charge in [0.25, 0.3) is 0 Å². The quantitative estimate of drug-likeness (QED) is 0.863. The normalized spacial score (nSPS) is 10.9. The average molecular weight is 335 g/mol. The molecule has 0 saturated carbocycles. The second-order valence-corrected chi connectivity index (χ2v) is 5.67. The lowest BCUT2D eigenvalue weighted by Gasteiger charge is -2.13. The summed E-state index contributed by atoms with van der Waals surface area (Å²) in [5.74, 6) is 0. The van der Waals surface area contributed by atoms with E-state index >= 15 is 0 Å². The minimum atomic E-state index is -0.232. The molecule has 104 valence electrons. The Kier molecular flexibility index (Phi) is 4.58. The van der Waals surface area contributed by atoms with E-state index in [-0.39, 0.29) is 17.1 Å². The molecule has 0 aliphatic carbocycles. The summed E-state index contributed by atoms with van der Waals surface area (Å²) in [7, 11) is 0. The van der Waals surface area contributed by atoms with Crippen LogP contribution >= 0.6 is 15.9 Å². The van der Waals surface area contributed by atoms with Crippen LogP contribution < -0.4 is 5.43 Å². The molecule has 4 nitrogen and oxygen atoms in total. The van der Waals surface area contributed by atoms with Crippen LogP contribution in [0.5, 0.6) is 0 Å². The van der Waals surface area contributed by atoms with Crippen molar-refractivity contribution in [2.45, 2.75) is 26.5 Å². The molecule has 2 aromatic rings. The molecule has 1 aromatic heterocycles. The molecule has 0 radical (unpaired) electrons. The van der Waals surface area contributed by atoms with Crippen LogP contribution in [0.1, 0.15) is 19.4 Å². The van der Waals surface area contributed by atoms with E-state index in [1.165, 1.54) is 0 Å². The number of hydrogen-bond acceptors (Lipinski definition) is 3. The molecule has 0 aliphatic rings. The van der Waals surface area contributed by atoms with Crippen molar-refractivity contribution in [3.05, 3.63) is 44.7 Å². The number of halogens is 1. The van der Waals surface area contributed by atoms with E-state index in [9.17, 15) is 4.79 Å². The first kappa shape index (κ1) is 14.8. The van der Waals surface area contributed by atoms with Crippen LogP contribution in [0, 0.1) is 11.3 Å². The third-order valence-corrected chi connectivity index (χ3v) is 3.44. The van der Waals surface area contributed by atoms with Gasteiger partial charge in [-0.3, -0.25) is 4.79 Å². The molecule has 0 aliphatic heterocycles. The maximum Gasteiger partial charge on any atom is 0.207 e. The fourth-order valence-electron chi connectivity index (χ4n) is 2.02. The summed E-state index contributed by atoms with van der Waals surface area (Å²) >= 11 is 3.35. The number of nitriles is 1. The summed E-state index contributed by atoms with van der Waals surface area (Å²) in [6.07, 6.45) is 1.76. The topological polar surface area (TPSA) is 55.0 Å². The first-order chi connectivity index (χ1) is 9.52. The van der Waals surface area contributed by atoms with Crippen LogP contribution in [0.3, 0.4) is 0 Å². The predicted octanol–water partition coefficient (Wildman–Crippen LogP) is 3.06. The van der Waals surface area contributed by atoms with Gasteiger partial charge in [0, 0.05) is 22.6 Å². The second-order valence-electron chi connectivity index (χ2n) is 4.76. The first-order valence-electron chi connectivity index (χ1n) is 6.37. The fraction of sp³-hybridized carbons (Fsp3) is 0.333. The Labute approximate surface area is 125 Å². The van der Waals surface area contributed by atoms with Gasteiger partial charge in [0.15, 0.2) is 0 Å². The minimum absolute atomic E-state index is 0.153. The Morgan fingerprint density at radius 3 is 2.85 bits per heavy atom. The van der Waals surface area contributed by atoms with Crippen LogP contribution in [-0.4, -0.2) is 17.3 Å². The molecular formula is C15H15BrN2O2. The summed E-state index contributed by atoms with van der Waals surface area (Å²) in [6.45, 7) is 5.09. The second kappa shape index (κ2) is 6.21. The van der Waals surface area contributed by atoms with E-state index in [0.717, 1.165) is 9.99 Å². The Balaban J connectivity index is 2.51. The van der Waals surface area contributed by atoms with Crippen molar-refractivity contribution in [2.24, 2.45) is 0 Å². The fourth-order valence-corrected chi connectivity index (χ4v) is 2.38. The van der Waals surface area contributed by atoms with Crippen LogP contribution in [0.15, 0.2) is 33.7 Å². The van der Waals surface area contributed by atoms with Gasteiger partial charge in [0.1, 0.15) is 11.6 Å². The predicted molar refractivity (Wildman–Crippen MR) is 81.7 cm³/mol. The van der Waals surface area contributed by atoms with Gasteiger partial charge in [-0.15, -0.1) is 0 Å². The van der Waals surface area contributed by atoms with Gasteiger partial charge in [0.2, 0.25) is 5.43 Å². The third-order valence-electron chi connectivity index (χ3n) is 2.95. The number of ether oxygens (including phenoxy) is 1. The van der Waals surface area contributed by atoms with Crippen LogP contribution in [0.2, 0.25) is 0 Å². The van der Waals surface area contributed by atoms with Gasteiger partial charge in [-0.1, -0.05) is 15.9 Å². The zero-order valence-electron chi connectivity index (χ0n) is 11.4. The summed E-state index contributed by atoms with van der Waals surface area (Å²) < 4.78 is 8.25. The number of pyridine rings is 1. The molecule has 0 N–H and O–H groups in total. The summed E-state index contributed by atoms with van der Waals surface area (Å²) in [5.41, 5.74) is 0.731. The van der Waals surface area contributed by atoms with Gasteiger partial charge in [-0.2, -0.15) is 5.26 Å². The van der Waals surface area contributed by atoms with E-state index in [2.05, 4.69) is 15.9 Å². The van der Waals surface area contributed by atoms with Gasteiger partial charge in [-0.25, -0.2) is 0 Å². The third kappa shape index (κ3) is 3.09. The number of benzene rings is 1. The standard InChI is InChI=1S/C15H15BrN2O2/c1-10(2)20-6-5-18-9-11(8-17)15(19)13-7-12(16)3-4-14(13)18/h3-4,7,9-10H,5-6H2,1-2H3. The summed E-state index contributed by atoms with van der Waals surface area (Å²) in [4.78, 5) is 12.2. The smallest absolute Gasteiger partial charge is 0.207 e. The monoisotopic (exact) mass is 334 g/mol. The average Bonchev–Trinajstić information content (AvgIpc) is 2.41. The van der Waals surface area contributed by atoms with Crippen molar-refractivity contribution in [3.8, 4) is 6.07 Å². The molecule has 0 unspecified atom stereocenters. The van der Waals surface area contributed by atoms with Crippen molar-refractivity contribution in [1.29, 1.82) is 5.26 Å². The number of fused-ring (bicyclic) bond motifs is 1. The lowest BCUT2D eigenvalue weighted by atomic mass is 10.1. The maximum atomic E-state index is 12.2. The van der Waals surface area contributed by atoms with E-state index < -0.39 is 0 Å². The molecule has 0 saturated heterocycles. The SMILES string of the molecule is CC(C)OCCn1cc(C#N)c(=O)c2cc(Br)ccc21. The van der Waals surface area contributed by atoms with Gasteiger partial charge >= 0.3 is 0 Å². The van der Waals surface area contributed by atoms with Crippen molar-refractivity contribution in [2.75, 3.05) is 6.61 Å². The molecule has 5 heteroatoms. The lowest BCUT2D eigenvalue weighted by molar-refractivity contribution is 0.0732. The highest BCUT2D eigenvalue weighted by atomic mass is 79.9. The van der Waals surface area contributed by atoms with Crippen LogP contribution in [0.4, 0.5) is 0 Å². The summed E-state index contributed by atoms with van der Waals surface area (Å²) in [5, 5.41) is 9.62. The van der Waals surface area contributed by atoms with Gasteiger partial charge < -0.3 is 9.30 Å². The molecule has 0 amide bonds. The molecule has 0 fully saturated rings. The number of rotatable bonds is 4. The van der Waals surface area contributed by atoms with Gasteiger partial charge in [-0.05, 0) is 32.0 Å². The maximum absolute atomic E-state index is 12.2. The van der Waals surface area contributed by atoms with Crippen molar-refractivity contribution < 1.29 is 4.74 Å². The highest BCUT2D eigenvalue weighted by Crippen LogP contribution is 2.18. The van der Waals surface area contributed by atoms with E-state index in [1.54, 1.807) is 12.3 Å². The lowest BCUT2D eigenvalue weighted by Crippen LogP contribution is -2.16. The Morgan fingerprint density at radius 2 is 2.20 bits per heavy atom. The van der Waals surface area contributed by atoms with E-state index in [4.69, 9.17) is 10.00 Å². The molecule has 0 spiro atoms. The summed E-state index contributed by atoms with van der Waals surface area (Å²) in [6, 6.07) is 7.46. The largest absolute Gasteiger partial charge is 0.377 e. The molecule has 0 atom stereocenters. The number of aromatic nitrogens is 1.